The summed E-state index contributed by atoms with van der Waals surface area (Å²) in [6.07, 6.45) is 8.38. The molecule has 5 nitrogen and oxygen atoms in total. The van der Waals surface area contributed by atoms with Crippen LogP contribution in [0.5, 0.6) is 0 Å². The summed E-state index contributed by atoms with van der Waals surface area (Å²) in [6.45, 7) is 0.532. The van der Waals surface area contributed by atoms with E-state index in [0.717, 1.165) is 24.2 Å². The van der Waals surface area contributed by atoms with Gasteiger partial charge in [0.25, 0.3) is 0 Å². The van der Waals surface area contributed by atoms with Crippen LogP contribution in [0.4, 0.5) is 5.69 Å². The zero-order valence-corrected chi connectivity index (χ0v) is 12.3. The molecule has 21 heavy (non-hydrogen) atoms. The molecule has 1 aliphatic rings. The number of aliphatic imine (C=N–C) groups is 1. The van der Waals surface area contributed by atoms with E-state index >= 15 is 0 Å². The number of aryl methyl sites for hydroxylation is 2. The van der Waals surface area contributed by atoms with Gasteiger partial charge in [0.2, 0.25) is 0 Å². The monoisotopic (exact) mass is 283 g/mol. The largest absolute Gasteiger partial charge is 0.370 e. The fraction of sp³-hybridized carbons (Fsp3) is 0.375. The van der Waals surface area contributed by atoms with Gasteiger partial charge in [-0.25, -0.2) is 9.98 Å². The maximum Gasteiger partial charge on any atom is 0.193 e. The van der Waals surface area contributed by atoms with Gasteiger partial charge >= 0.3 is 0 Å². The average molecular weight is 283 g/mol. The summed E-state index contributed by atoms with van der Waals surface area (Å²) in [5.41, 5.74) is 11.0. The summed E-state index contributed by atoms with van der Waals surface area (Å²) in [6, 6.07) is 6.38. The molecule has 1 aliphatic carbocycles. The molecular formula is C16H21N5. The predicted molar refractivity (Wildman–Crippen MR) is 85.2 cm³/mol. The van der Waals surface area contributed by atoms with Gasteiger partial charge in [0, 0.05) is 12.7 Å². The Balaban J connectivity index is 1.73. The van der Waals surface area contributed by atoms with Crippen molar-refractivity contribution in [1.82, 2.24) is 9.55 Å². The summed E-state index contributed by atoms with van der Waals surface area (Å²) >= 11 is 0. The number of nitrogens with two attached hydrogens (primary N) is 1. The first-order chi connectivity index (χ1) is 10.2. The number of fused-ring (bicyclic) bond motifs is 1. The van der Waals surface area contributed by atoms with Crippen molar-refractivity contribution in [2.24, 2.45) is 17.8 Å². The van der Waals surface area contributed by atoms with Gasteiger partial charge in [-0.05, 0) is 42.9 Å². The number of aromatic nitrogens is 2. The molecule has 0 amide bonds. The van der Waals surface area contributed by atoms with E-state index in [2.05, 4.69) is 33.5 Å². The Labute approximate surface area is 124 Å². The lowest BCUT2D eigenvalue weighted by molar-refractivity contribution is 0.687. The van der Waals surface area contributed by atoms with Gasteiger partial charge in [-0.15, -0.1) is 0 Å². The predicted octanol–water partition coefficient (Wildman–Crippen LogP) is 2.23. The van der Waals surface area contributed by atoms with Gasteiger partial charge in [0.15, 0.2) is 5.96 Å². The minimum Gasteiger partial charge on any atom is -0.370 e. The number of hydrogen-bond acceptors (Lipinski definition) is 2. The zero-order valence-electron chi connectivity index (χ0n) is 12.3. The third kappa shape index (κ3) is 3.07. The number of nitrogens with zero attached hydrogens (tertiary/aromatic N) is 3. The summed E-state index contributed by atoms with van der Waals surface area (Å²) in [4.78, 5) is 8.47. The van der Waals surface area contributed by atoms with E-state index in [1.807, 2.05) is 11.6 Å². The SMILES string of the molecule is Cn1cncc1CN=C(N)Nc1cccc2c1CCCC2. The van der Waals surface area contributed by atoms with Crippen molar-refractivity contribution in [2.45, 2.75) is 32.2 Å². The summed E-state index contributed by atoms with van der Waals surface area (Å²) < 4.78 is 1.95. The first-order valence-electron chi connectivity index (χ1n) is 7.37. The highest BCUT2D eigenvalue weighted by molar-refractivity contribution is 5.93. The van der Waals surface area contributed by atoms with Crippen LogP contribution in [-0.2, 0) is 26.4 Å². The summed E-state index contributed by atoms with van der Waals surface area (Å²) in [5, 5.41) is 3.25. The molecule has 1 heterocycles. The lowest BCUT2D eigenvalue weighted by Gasteiger charge is -2.19. The fourth-order valence-corrected chi connectivity index (χ4v) is 2.78. The molecule has 1 aromatic carbocycles. The maximum absolute atomic E-state index is 6.01. The fourth-order valence-electron chi connectivity index (χ4n) is 2.78. The van der Waals surface area contributed by atoms with Gasteiger partial charge < -0.3 is 15.6 Å². The van der Waals surface area contributed by atoms with Crippen LogP contribution in [0, 0.1) is 0 Å². The van der Waals surface area contributed by atoms with E-state index in [1.54, 1.807) is 12.5 Å². The summed E-state index contributed by atoms with van der Waals surface area (Å²) in [7, 11) is 1.95. The van der Waals surface area contributed by atoms with E-state index in [4.69, 9.17) is 5.73 Å². The lowest BCUT2D eigenvalue weighted by atomic mass is 9.90. The molecule has 0 fully saturated rings. The van der Waals surface area contributed by atoms with Crippen LogP contribution in [0.15, 0.2) is 35.7 Å². The standard InChI is InChI=1S/C16H21N5/c1-21-11-18-9-13(21)10-19-16(17)20-15-8-4-6-12-5-2-3-7-14(12)15/h4,6,8-9,11H,2-3,5,7,10H2,1H3,(H3,17,19,20). The molecule has 3 rings (SSSR count). The molecule has 0 atom stereocenters. The van der Waals surface area contributed by atoms with Crippen molar-refractivity contribution in [3.8, 4) is 0 Å². The van der Waals surface area contributed by atoms with Crippen molar-refractivity contribution in [1.29, 1.82) is 0 Å². The molecule has 0 spiro atoms. The van der Waals surface area contributed by atoms with Gasteiger partial charge in [-0.3, -0.25) is 0 Å². The smallest absolute Gasteiger partial charge is 0.193 e. The molecule has 3 N–H and O–H groups in total. The van der Waals surface area contributed by atoms with Crippen LogP contribution in [0.3, 0.4) is 0 Å². The Hall–Kier alpha value is -2.30. The minimum absolute atomic E-state index is 0.454. The van der Waals surface area contributed by atoms with Crippen molar-refractivity contribution >= 4 is 11.6 Å². The molecule has 0 aliphatic heterocycles. The van der Waals surface area contributed by atoms with E-state index < -0.39 is 0 Å². The number of hydrogen-bond donors (Lipinski definition) is 2. The molecule has 0 saturated carbocycles. The molecule has 0 saturated heterocycles. The van der Waals surface area contributed by atoms with Crippen LogP contribution < -0.4 is 11.1 Å². The molecule has 0 radical (unpaired) electrons. The molecule has 0 unspecified atom stereocenters. The van der Waals surface area contributed by atoms with E-state index in [1.165, 1.54) is 24.0 Å². The highest BCUT2D eigenvalue weighted by Gasteiger charge is 2.13. The van der Waals surface area contributed by atoms with Gasteiger partial charge in [-0.1, -0.05) is 12.1 Å². The van der Waals surface area contributed by atoms with Gasteiger partial charge in [-0.2, -0.15) is 0 Å². The zero-order chi connectivity index (χ0) is 14.7. The Kier molecular flexibility index (Phi) is 3.90. The van der Waals surface area contributed by atoms with Crippen LogP contribution in [0.2, 0.25) is 0 Å². The molecule has 0 bridgehead atoms. The lowest BCUT2D eigenvalue weighted by Crippen LogP contribution is -2.24. The molecular weight excluding hydrogens is 262 g/mol. The number of anilines is 1. The number of nitrogens with one attached hydrogen (secondary N) is 1. The first-order valence-corrected chi connectivity index (χ1v) is 7.37. The van der Waals surface area contributed by atoms with Crippen molar-refractivity contribution < 1.29 is 0 Å². The average Bonchev–Trinajstić information content (AvgIpc) is 2.91. The number of benzene rings is 1. The second-order valence-corrected chi connectivity index (χ2v) is 5.47. The Morgan fingerprint density at radius 1 is 1.38 bits per heavy atom. The number of guanidine groups is 1. The summed E-state index contributed by atoms with van der Waals surface area (Å²) in [5.74, 6) is 0.454. The molecule has 1 aromatic heterocycles. The topological polar surface area (TPSA) is 68.2 Å². The van der Waals surface area contributed by atoms with Crippen LogP contribution in [0.1, 0.15) is 29.7 Å². The molecule has 2 aromatic rings. The maximum atomic E-state index is 6.01. The van der Waals surface area contributed by atoms with E-state index in [0.29, 0.717) is 12.5 Å². The van der Waals surface area contributed by atoms with Crippen molar-refractivity contribution in [3.63, 3.8) is 0 Å². The third-order valence-electron chi connectivity index (χ3n) is 3.99. The second kappa shape index (κ2) is 5.99. The van der Waals surface area contributed by atoms with Crippen LogP contribution >= 0.6 is 0 Å². The molecule has 110 valence electrons. The van der Waals surface area contributed by atoms with Crippen molar-refractivity contribution in [3.05, 3.63) is 47.5 Å². The number of imidazole rings is 1. The minimum atomic E-state index is 0.454. The molecule has 5 heteroatoms. The highest BCUT2D eigenvalue weighted by atomic mass is 15.1. The van der Waals surface area contributed by atoms with Crippen LogP contribution in [0.25, 0.3) is 0 Å². The Morgan fingerprint density at radius 3 is 3.05 bits per heavy atom. The van der Waals surface area contributed by atoms with Gasteiger partial charge in [0.05, 0.1) is 24.8 Å². The van der Waals surface area contributed by atoms with Crippen LogP contribution in [-0.4, -0.2) is 15.5 Å². The second-order valence-electron chi connectivity index (χ2n) is 5.47. The first kappa shape index (κ1) is 13.7. The number of rotatable bonds is 3. The highest BCUT2D eigenvalue weighted by Crippen LogP contribution is 2.27. The Morgan fingerprint density at radius 2 is 2.24 bits per heavy atom. The quantitative estimate of drug-likeness (QED) is 0.670. The van der Waals surface area contributed by atoms with E-state index in [-0.39, 0.29) is 0 Å². The van der Waals surface area contributed by atoms with E-state index in [9.17, 15) is 0 Å². The normalized spacial score (nSPS) is 14.8. The van der Waals surface area contributed by atoms with Crippen molar-refractivity contribution in [2.75, 3.05) is 5.32 Å². The Bertz CT molecular complexity index is 656. The van der Waals surface area contributed by atoms with Gasteiger partial charge in [0.1, 0.15) is 0 Å². The third-order valence-corrected chi connectivity index (χ3v) is 3.99.